The molecule has 20 heavy (non-hydrogen) atoms. The molecule has 1 aromatic carbocycles. The number of aliphatic hydroxyl groups is 1. The van der Waals surface area contributed by atoms with E-state index in [1.165, 1.54) is 9.80 Å². The van der Waals surface area contributed by atoms with E-state index in [9.17, 15) is 14.7 Å². The monoisotopic (exact) mass is 278 g/mol. The van der Waals surface area contributed by atoms with Crippen molar-refractivity contribution in [1.82, 2.24) is 4.90 Å². The van der Waals surface area contributed by atoms with Crippen LogP contribution >= 0.6 is 0 Å². The summed E-state index contributed by atoms with van der Waals surface area (Å²) in [6.45, 7) is 0.246. The lowest BCUT2D eigenvalue weighted by atomic mass is 9.93. The number of fused-ring (bicyclic) bond motifs is 1. The zero-order valence-corrected chi connectivity index (χ0v) is 11.3. The Bertz CT molecular complexity index is 518. The van der Waals surface area contributed by atoms with Crippen molar-refractivity contribution in [3.05, 3.63) is 29.8 Å². The molecule has 6 nitrogen and oxygen atoms in total. The first-order chi connectivity index (χ1) is 9.54. The molecule has 0 aliphatic carbocycles. The summed E-state index contributed by atoms with van der Waals surface area (Å²) in [5.74, 6) is -1.50. The Balaban J connectivity index is 2.31. The van der Waals surface area contributed by atoms with Crippen LogP contribution in [0, 0.1) is 5.92 Å². The second-order valence-electron chi connectivity index (χ2n) is 4.91. The number of carboxylic acid groups (broad SMARTS) is 1. The largest absolute Gasteiger partial charge is 0.481 e. The molecule has 0 spiro atoms. The third-order valence-electron chi connectivity index (χ3n) is 3.49. The number of aliphatic carboxylic acids is 1. The van der Waals surface area contributed by atoms with Gasteiger partial charge in [0.15, 0.2) is 0 Å². The summed E-state index contributed by atoms with van der Waals surface area (Å²) in [7, 11) is 1.59. The topological polar surface area (TPSA) is 81.1 Å². The third kappa shape index (κ3) is 2.75. The minimum Gasteiger partial charge on any atom is -0.481 e. The van der Waals surface area contributed by atoms with Gasteiger partial charge >= 0.3 is 12.0 Å². The van der Waals surface area contributed by atoms with Gasteiger partial charge in [0.1, 0.15) is 0 Å². The Morgan fingerprint density at radius 2 is 2.10 bits per heavy atom. The highest BCUT2D eigenvalue weighted by atomic mass is 16.4. The average molecular weight is 278 g/mol. The fourth-order valence-corrected chi connectivity index (χ4v) is 2.39. The van der Waals surface area contributed by atoms with E-state index in [2.05, 4.69) is 0 Å². The van der Waals surface area contributed by atoms with Crippen LogP contribution in [0.4, 0.5) is 10.5 Å². The van der Waals surface area contributed by atoms with Crippen LogP contribution in [0.15, 0.2) is 24.3 Å². The lowest BCUT2D eigenvalue weighted by molar-refractivity contribution is -0.141. The van der Waals surface area contributed by atoms with Crippen molar-refractivity contribution in [3.63, 3.8) is 0 Å². The van der Waals surface area contributed by atoms with Crippen LogP contribution in [0.2, 0.25) is 0 Å². The molecule has 0 bridgehead atoms. The van der Waals surface area contributed by atoms with Crippen molar-refractivity contribution in [2.75, 3.05) is 31.6 Å². The van der Waals surface area contributed by atoms with Crippen molar-refractivity contribution in [2.24, 2.45) is 5.92 Å². The van der Waals surface area contributed by atoms with Gasteiger partial charge in [-0.3, -0.25) is 9.69 Å². The van der Waals surface area contributed by atoms with E-state index in [1.807, 2.05) is 24.3 Å². The SMILES string of the molecule is CN(CCO)C(=O)N1CC(C(=O)O)Cc2ccccc21. The fraction of sp³-hybridized carbons (Fsp3) is 0.429. The van der Waals surface area contributed by atoms with Gasteiger partial charge in [-0.2, -0.15) is 0 Å². The number of hydrogen-bond donors (Lipinski definition) is 2. The summed E-state index contributed by atoms with van der Waals surface area (Å²) in [5.41, 5.74) is 1.61. The van der Waals surface area contributed by atoms with Crippen LogP contribution in [0.3, 0.4) is 0 Å². The highest BCUT2D eigenvalue weighted by Crippen LogP contribution is 2.30. The van der Waals surface area contributed by atoms with Crippen LogP contribution in [0.25, 0.3) is 0 Å². The van der Waals surface area contributed by atoms with E-state index in [1.54, 1.807) is 7.05 Å². The Hall–Kier alpha value is -2.08. The van der Waals surface area contributed by atoms with E-state index < -0.39 is 11.9 Å². The Morgan fingerprint density at radius 1 is 1.40 bits per heavy atom. The second-order valence-corrected chi connectivity index (χ2v) is 4.91. The number of rotatable bonds is 3. The van der Waals surface area contributed by atoms with Crippen LogP contribution in [-0.4, -0.2) is 53.9 Å². The normalized spacial score (nSPS) is 17.5. The van der Waals surface area contributed by atoms with Crippen LogP contribution in [0.5, 0.6) is 0 Å². The molecular weight excluding hydrogens is 260 g/mol. The summed E-state index contributed by atoms with van der Waals surface area (Å²) in [4.78, 5) is 26.5. The van der Waals surface area contributed by atoms with Gasteiger partial charge in [0.25, 0.3) is 0 Å². The molecule has 1 aliphatic rings. The summed E-state index contributed by atoms with van der Waals surface area (Å²) >= 11 is 0. The molecular formula is C14H18N2O4. The molecule has 1 aromatic rings. The van der Waals surface area contributed by atoms with Gasteiger partial charge < -0.3 is 15.1 Å². The van der Waals surface area contributed by atoms with E-state index in [0.717, 1.165) is 11.3 Å². The summed E-state index contributed by atoms with van der Waals surface area (Å²) in [6.07, 6.45) is 0.430. The van der Waals surface area contributed by atoms with Crippen molar-refractivity contribution in [3.8, 4) is 0 Å². The highest BCUT2D eigenvalue weighted by molar-refractivity contribution is 5.94. The molecule has 0 saturated carbocycles. The third-order valence-corrected chi connectivity index (χ3v) is 3.49. The molecule has 2 rings (SSSR count). The molecule has 0 aromatic heterocycles. The van der Waals surface area contributed by atoms with Gasteiger partial charge in [0.2, 0.25) is 0 Å². The first-order valence-corrected chi connectivity index (χ1v) is 6.48. The molecule has 6 heteroatoms. The number of urea groups is 1. The van der Waals surface area contributed by atoms with E-state index in [-0.39, 0.29) is 25.7 Å². The first kappa shape index (κ1) is 14.3. The fourth-order valence-electron chi connectivity index (χ4n) is 2.39. The van der Waals surface area contributed by atoms with Gasteiger partial charge in [0, 0.05) is 25.8 Å². The van der Waals surface area contributed by atoms with Crippen molar-refractivity contribution in [1.29, 1.82) is 0 Å². The molecule has 1 atom stereocenters. The number of carbonyl (C=O) groups is 2. The molecule has 0 fully saturated rings. The summed E-state index contributed by atoms with van der Waals surface area (Å²) in [5, 5.41) is 18.1. The van der Waals surface area contributed by atoms with Crippen molar-refractivity contribution >= 4 is 17.7 Å². The number of aliphatic hydroxyl groups excluding tert-OH is 1. The summed E-state index contributed by atoms with van der Waals surface area (Å²) < 4.78 is 0. The van der Waals surface area contributed by atoms with Gasteiger partial charge in [0.05, 0.1) is 12.5 Å². The maximum absolute atomic E-state index is 12.4. The van der Waals surface area contributed by atoms with Crippen molar-refractivity contribution < 1.29 is 19.8 Å². The smallest absolute Gasteiger partial charge is 0.324 e. The van der Waals surface area contributed by atoms with Crippen LogP contribution < -0.4 is 4.90 Å². The van der Waals surface area contributed by atoms with Gasteiger partial charge in [-0.15, -0.1) is 0 Å². The van der Waals surface area contributed by atoms with Crippen LogP contribution in [-0.2, 0) is 11.2 Å². The molecule has 108 valence electrons. The Morgan fingerprint density at radius 3 is 2.75 bits per heavy atom. The molecule has 1 aliphatic heterocycles. The number of amides is 2. The van der Waals surface area contributed by atoms with E-state index in [4.69, 9.17) is 5.11 Å². The summed E-state index contributed by atoms with van der Waals surface area (Å²) in [6, 6.07) is 7.03. The lowest BCUT2D eigenvalue weighted by Crippen LogP contribution is -2.48. The number of likely N-dealkylation sites (N-methyl/N-ethyl adjacent to an activating group) is 1. The highest BCUT2D eigenvalue weighted by Gasteiger charge is 2.33. The van der Waals surface area contributed by atoms with Gasteiger partial charge in [-0.1, -0.05) is 18.2 Å². The molecule has 1 unspecified atom stereocenters. The van der Waals surface area contributed by atoms with Crippen LogP contribution in [0.1, 0.15) is 5.56 Å². The zero-order chi connectivity index (χ0) is 14.7. The number of anilines is 1. The standard InChI is InChI=1S/C14H18N2O4/c1-15(6-7-17)14(20)16-9-11(13(18)19)8-10-4-2-3-5-12(10)16/h2-5,11,17H,6-9H2,1H3,(H,18,19). The number of benzene rings is 1. The number of nitrogens with zero attached hydrogens (tertiary/aromatic N) is 2. The molecule has 1 heterocycles. The second kappa shape index (κ2) is 5.92. The molecule has 2 amide bonds. The number of hydrogen-bond acceptors (Lipinski definition) is 3. The zero-order valence-electron chi connectivity index (χ0n) is 11.3. The predicted molar refractivity (Wildman–Crippen MR) is 73.7 cm³/mol. The quantitative estimate of drug-likeness (QED) is 0.856. The first-order valence-electron chi connectivity index (χ1n) is 6.48. The average Bonchev–Trinajstić information content (AvgIpc) is 2.45. The molecule has 0 saturated heterocycles. The van der Waals surface area contributed by atoms with Gasteiger partial charge in [-0.05, 0) is 18.1 Å². The lowest BCUT2D eigenvalue weighted by Gasteiger charge is -2.35. The maximum Gasteiger partial charge on any atom is 0.324 e. The predicted octanol–water partition coefficient (Wildman–Crippen LogP) is 0.794. The number of carbonyl (C=O) groups excluding carboxylic acids is 1. The number of carboxylic acids is 1. The van der Waals surface area contributed by atoms with Gasteiger partial charge in [-0.25, -0.2) is 4.79 Å². The molecule has 0 radical (unpaired) electrons. The minimum atomic E-state index is -0.901. The molecule has 2 N–H and O–H groups in total. The maximum atomic E-state index is 12.4. The Kier molecular flexibility index (Phi) is 4.24. The van der Waals surface area contributed by atoms with E-state index in [0.29, 0.717) is 6.42 Å². The van der Waals surface area contributed by atoms with E-state index >= 15 is 0 Å². The van der Waals surface area contributed by atoms with Crippen molar-refractivity contribution in [2.45, 2.75) is 6.42 Å². The Labute approximate surface area is 117 Å². The number of para-hydroxylation sites is 1. The minimum absolute atomic E-state index is 0.125.